The van der Waals surface area contributed by atoms with E-state index in [-0.39, 0.29) is 11.7 Å². The lowest BCUT2D eigenvalue weighted by atomic mass is 10.0. The van der Waals surface area contributed by atoms with Crippen LogP contribution in [0.25, 0.3) is 44.7 Å². The smallest absolute Gasteiger partial charge is 0.341 e. The van der Waals surface area contributed by atoms with Crippen molar-refractivity contribution in [3.63, 3.8) is 0 Å². The molecule has 0 aliphatic heterocycles. The molecule has 0 aliphatic carbocycles. The van der Waals surface area contributed by atoms with Crippen LogP contribution in [0.2, 0.25) is 0 Å². The Balaban J connectivity index is 1.25. The summed E-state index contributed by atoms with van der Waals surface area (Å²) >= 11 is 2.56. The highest BCUT2D eigenvalue weighted by Gasteiger charge is 2.23. The van der Waals surface area contributed by atoms with Crippen molar-refractivity contribution in [2.75, 3.05) is 25.3 Å². The number of pyridine rings is 1. The molecule has 0 fully saturated rings. The monoisotopic (exact) mass is 635 g/mol. The summed E-state index contributed by atoms with van der Waals surface area (Å²) in [7, 11) is 2.92. The molecular weight excluding hydrogens is 607 g/mol. The zero-order valence-electron chi connectivity index (χ0n) is 24.8. The van der Waals surface area contributed by atoms with Crippen molar-refractivity contribution in [1.82, 2.24) is 19.7 Å². The van der Waals surface area contributed by atoms with Gasteiger partial charge in [-0.3, -0.25) is 4.79 Å². The number of carbonyl (C=O) groups excluding carboxylic acids is 2. The molecule has 0 saturated carbocycles. The molecule has 45 heavy (non-hydrogen) atoms. The summed E-state index contributed by atoms with van der Waals surface area (Å²) in [5.41, 5.74) is 5.42. The first-order valence-electron chi connectivity index (χ1n) is 14.2. The summed E-state index contributed by atoms with van der Waals surface area (Å²) in [6.07, 6.45) is 0. The quantitative estimate of drug-likeness (QED) is 0.122. The molecule has 6 aromatic rings. The SMILES string of the molecule is CCn1c(SCC(=O)Nc2scc(-c3ccc(OC)cc3)c2C(=O)OC)nnc1-c1cc(-c2ccccc2)nc2ccccc12. The van der Waals surface area contributed by atoms with Gasteiger partial charge in [0.05, 0.1) is 31.2 Å². The predicted molar refractivity (Wildman–Crippen MR) is 179 cm³/mol. The van der Waals surface area contributed by atoms with Crippen LogP contribution in [0.5, 0.6) is 5.75 Å². The first-order chi connectivity index (χ1) is 22.0. The van der Waals surface area contributed by atoms with Crippen molar-refractivity contribution < 1.29 is 19.1 Å². The number of nitrogens with one attached hydrogen (secondary N) is 1. The molecule has 226 valence electrons. The highest BCUT2D eigenvalue weighted by molar-refractivity contribution is 7.99. The van der Waals surface area contributed by atoms with Crippen LogP contribution in [0.15, 0.2) is 95.5 Å². The highest BCUT2D eigenvalue weighted by atomic mass is 32.2. The molecule has 0 saturated heterocycles. The van der Waals surface area contributed by atoms with Gasteiger partial charge in [0.25, 0.3) is 0 Å². The second-order valence-electron chi connectivity index (χ2n) is 9.90. The molecule has 6 rings (SSSR count). The highest BCUT2D eigenvalue weighted by Crippen LogP contribution is 2.37. The largest absolute Gasteiger partial charge is 0.497 e. The van der Waals surface area contributed by atoms with Crippen molar-refractivity contribution in [2.45, 2.75) is 18.6 Å². The molecule has 0 unspecified atom stereocenters. The maximum absolute atomic E-state index is 13.2. The Labute approximate surface area is 268 Å². The Hall–Kier alpha value is -5.00. The second-order valence-corrected chi connectivity index (χ2v) is 11.7. The zero-order valence-corrected chi connectivity index (χ0v) is 26.4. The molecule has 0 atom stereocenters. The standard InChI is InChI=1S/C34H29N5O4S2/c1-4-39-31(25-18-28(22-10-6-5-7-11-22)35-27-13-9-8-12-24(25)27)37-38-34(39)45-20-29(40)36-32-30(33(41)43-3)26(19-44-32)21-14-16-23(42-2)17-15-21/h5-19H,4,20H2,1-3H3,(H,36,40). The van der Waals surface area contributed by atoms with Crippen LogP contribution >= 0.6 is 23.1 Å². The van der Waals surface area contributed by atoms with Crippen molar-refractivity contribution in [3.8, 4) is 39.5 Å². The fourth-order valence-corrected chi connectivity index (χ4v) is 6.80. The van der Waals surface area contributed by atoms with Crippen molar-refractivity contribution in [2.24, 2.45) is 0 Å². The summed E-state index contributed by atoms with van der Waals surface area (Å²) in [6.45, 7) is 2.62. The molecule has 1 amide bonds. The van der Waals surface area contributed by atoms with E-state index in [0.717, 1.165) is 33.3 Å². The Morgan fingerprint density at radius 1 is 0.911 bits per heavy atom. The third kappa shape index (κ3) is 6.17. The first kappa shape index (κ1) is 30.0. The van der Waals surface area contributed by atoms with E-state index in [1.165, 1.54) is 30.2 Å². The Bertz CT molecular complexity index is 1990. The van der Waals surface area contributed by atoms with Crippen LogP contribution in [0.3, 0.4) is 0 Å². The third-order valence-corrected chi connectivity index (χ3v) is 9.09. The summed E-state index contributed by atoms with van der Waals surface area (Å²) < 4.78 is 12.3. The average molecular weight is 636 g/mol. The van der Waals surface area contributed by atoms with E-state index in [2.05, 4.69) is 15.5 Å². The molecular formula is C34H29N5O4S2. The number of rotatable bonds is 10. The van der Waals surface area contributed by atoms with Gasteiger partial charge in [-0.15, -0.1) is 21.5 Å². The fourth-order valence-electron chi connectivity index (χ4n) is 5.03. The number of benzene rings is 3. The maximum atomic E-state index is 13.2. The first-order valence-corrected chi connectivity index (χ1v) is 16.0. The number of thioether (sulfide) groups is 1. The lowest BCUT2D eigenvalue weighted by Gasteiger charge is -2.12. The van der Waals surface area contributed by atoms with Crippen LogP contribution < -0.4 is 10.1 Å². The number of para-hydroxylation sites is 1. The number of hydrogen-bond acceptors (Lipinski definition) is 9. The summed E-state index contributed by atoms with van der Waals surface area (Å²) in [5.74, 6) is 0.671. The number of methoxy groups -OCH3 is 2. The number of amides is 1. The third-order valence-electron chi connectivity index (χ3n) is 7.23. The number of esters is 1. The normalized spacial score (nSPS) is 11.0. The fraction of sp³-hybridized carbons (Fsp3) is 0.147. The number of nitrogens with zero attached hydrogens (tertiary/aromatic N) is 4. The molecule has 11 heteroatoms. The van der Waals surface area contributed by atoms with E-state index in [4.69, 9.17) is 14.5 Å². The molecule has 0 spiro atoms. The minimum absolute atomic E-state index is 0.0703. The molecule has 0 bridgehead atoms. The minimum atomic E-state index is -0.528. The van der Waals surface area contributed by atoms with E-state index in [9.17, 15) is 9.59 Å². The van der Waals surface area contributed by atoms with Gasteiger partial charge in [0, 0.05) is 34.0 Å². The minimum Gasteiger partial charge on any atom is -0.497 e. The van der Waals surface area contributed by atoms with Gasteiger partial charge >= 0.3 is 5.97 Å². The van der Waals surface area contributed by atoms with Crippen molar-refractivity contribution in [3.05, 3.63) is 95.9 Å². The van der Waals surface area contributed by atoms with E-state index in [1.807, 2.05) is 102 Å². The second kappa shape index (κ2) is 13.3. The Morgan fingerprint density at radius 2 is 1.67 bits per heavy atom. The summed E-state index contributed by atoms with van der Waals surface area (Å²) in [4.78, 5) is 30.8. The van der Waals surface area contributed by atoms with Crippen LogP contribution in [-0.2, 0) is 16.1 Å². The number of hydrogen-bond donors (Lipinski definition) is 1. The molecule has 1 N–H and O–H groups in total. The summed E-state index contributed by atoms with van der Waals surface area (Å²) in [6, 6.07) is 27.4. The van der Waals surface area contributed by atoms with Crippen molar-refractivity contribution >= 4 is 50.9 Å². The van der Waals surface area contributed by atoms with E-state index in [0.29, 0.717) is 39.4 Å². The Kier molecular flexibility index (Phi) is 8.90. The van der Waals surface area contributed by atoms with Gasteiger partial charge in [-0.1, -0.05) is 72.4 Å². The van der Waals surface area contributed by atoms with Gasteiger partial charge in [0.15, 0.2) is 11.0 Å². The molecule has 0 radical (unpaired) electrons. The molecule has 3 aromatic carbocycles. The number of anilines is 1. The maximum Gasteiger partial charge on any atom is 0.341 e. The lowest BCUT2D eigenvalue weighted by molar-refractivity contribution is -0.113. The van der Waals surface area contributed by atoms with Gasteiger partial charge in [0.1, 0.15) is 16.3 Å². The number of ether oxygens (including phenoxy) is 2. The van der Waals surface area contributed by atoms with Crippen molar-refractivity contribution in [1.29, 1.82) is 0 Å². The van der Waals surface area contributed by atoms with Gasteiger partial charge in [0.2, 0.25) is 5.91 Å². The summed E-state index contributed by atoms with van der Waals surface area (Å²) in [5, 5.41) is 15.8. The van der Waals surface area contributed by atoms with Gasteiger partial charge in [-0.05, 0) is 36.8 Å². The van der Waals surface area contributed by atoms with Crippen LogP contribution in [-0.4, -0.2) is 51.6 Å². The molecule has 3 aromatic heterocycles. The molecule has 3 heterocycles. The predicted octanol–water partition coefficient (Wildman–Crippen LogP) is 7.43. The number of aromatic nitrogens is 4. The van der Waals surface area contributed by atoms with E-state index in [1.54, 1.807) is 7.11 Å². The molecule has 0 aliphatic rings. The van der Waals surface area contributed by atoms with E-state index >= 15 is 0 Å². The van der Waals surface area contributed by atoms with Gasteiger partial charge in [-0.25, -0.2) is 9.78 Å². The number of thiophene rings is 1. The molecule has 9 nitrogen and oxygen atoms in total. The van der Waals surface area contributed by atoms with Crippen LogP contribution in [0.1, 0.15) is 17.3 Å². The average Bonchev–Trinajstić information content (AvgIpc) is 3.70. The van der Waals surface area contributed by atoms with E-state index < -0.39 is 5.97 Å². The number of fused-ring (bicyclic) bond motifs is 1. The topological polar surface area (TPSA) is 108 Å². The number of carbonyl (C=O) groups is 2. The lowest BCUT2D eigenvalue weighted by Crippen LogP contribution is -2.16. The van der Waals surface area contributed by atoms with Crippen LogP contribution in [0, 0.1) is 0 Å². The van der Waals surface area contributed by atoms with Crippen LogP contribution in [0.4, 0.5) is 5.00 Å². The zero-order chi connectivity index (χ0) is 31.3. The van der Waals surface area contributed by atoms with Gasteiger partial charge < -0.3 is 19.4 Å². The van der Waals surface area contributed by atoms with Gasteiger partial charge in [-0.2, -0.15) is 0 Å². The Morgan fingerprint density at radius 3 is 2.40 bits per heavy atom.